The monoisotopic (exact) mass is 366 g/mol. The molecule has 2 aromatic carbocycles. The molecule has 5 heteroatoms. The quantitative estimate of drug-likeness (QED) is 0.716. The Kier molecular flexibility index (Phi) is 4.66. The highest BCUT2D eigenvalue weighted by Gasteiger charge is 2.20. The molecule has 1 aliphatic heterocycles. The van der Waals surface area contributed by atoms with E-state index in [1.54, 1.807) is 11.3 Å². The van der Waals surface area contributed by atoms with Crippen LogP contribution in [0, 0.1) is 6.92 Å². The van der Waals surface area contributed by atoms with Gasteiger partial charge in [-0.3, -0.25) is 4.79 Å². The van der Waals surface area contributed by atoms with Gasteiger partial charge in [-0.15, -0.1) is 11.3 Å². The van der Waals surface area contributed by atoms with E-state index in [-0.39, 0.29) is 18.1 Å². The van der Waals surface area contributed by atoms with Crippen molar-refractivity contribution in [2.45, 2.75) is 26.0 Å². The smallest absolute Gasteiger partial charge is 0.252 e. The fourth-order valence-corrected chi connectivity index (χ4v) is 4.20. The van der Waals surface area contributed by atoms with E-state index in [0.717, 1.165) is 30.0 Å². The molecular weight excluding hydrogens is 344 g/mol. The number of carbonyl (C=O) groups excluding carboxylic acids is 1. The summed E-state index contributed by atoms with van der Waals surface area (Å²) in [6.07, 6.45) is 0.199. The second-order valence-electron chi connectivity index (χ2n) is 6.76. The van der Waals surface area contributed by atoms with E-state index in [9.17, 15) is 4.79 Å². The van der Waals surface area contributed by atoms with Crippen LogP contribution in [-0.2, 0) is 0 Å². The number of rotatable bonds is 5. The molecular formula is C21H22N2O2S. The predicted octanol–water partition coefficient (Wildman–Crippen LogP) is 4.05. The van der Waals surface area contributed by atoms with E-state index in [4.69, 9.17) is 4.74 Å². The Morgan fingerprint density at radius 1 is 1.27 bits per heavy atom. The number of benzene rings is 2. The van der Waals surface area contributed by atoms with E-state index >= 15 is 0 Å². The Balaban J connectivity index is 1.52. The first-order valence-corrected chi connectivity index (χ1v) is 9.75. The first kappa shape index (κ1) is 17.1. The Hall–Kier alpha value is -2.37. The molecule has 0 radical (unpaired) electrons. The van der Waals surface area contributed by atoms with Gasteiger partial charge in [0.15, 0.2) is 0 Å². The van der Waals surface area contributed by atoms with Crippen molar-refractivity contribution in [2.24, 2.45) is 0 Å². The van der Waals surface area contributed by atoms with Gasteiger partial charge in [0.1, 0.15) is 11.9 Å². The lowest BCUT2D eigenvalue weighted by Gasteiger charge is -2.28. The van der Waals surface area contributed by atoms with Gasteiger partial charge in [0.25, 0.3) is 5.91 Å². The number of carbonyl (C=O) groups is 1. The summed E-state index contributed by atoms with van der Waals surface area (Å²) < 4.78 is 7.13. The molecule has 0 saturated carbocycles. The summed E-state index contributed by atoms with van der Waals surface area (Å²) in [5, 5.41) is 9.66. The molecule has 1 atom stereocenters. The average molecular weight is 366 g/mol. The maximum absolute atomic E-state index is 12.9. The lowest BCUT2D eigenvalue weighted by Crippen LogP contribution is -2.50. The van der Waals surface area contributed by atoms with Crippen molar-refractivity contribution in [1.29, 1.82) is 0 Å². The molecule has 0 spiro atoms. The molecule has 1 fully saturated rings. The molecule has 4 nitrogen and oxygen atoms in total. The van der Waals surface area contributed by atoms with E-state index < -0.39 is 0 Å². The lowest BCUT2D eigenvalue weighted by molar-refractivity contribution is 0.0938. The van der Waals surface area contributed by atoms with E-state index in [1.807, 2.05) is 44.2 Å². The van der Waals surface area contributed by atoms with E-state index in [0.29, 0.717) is 5.56 Å². The minimum atomic E-state index is -0.0672. The van der Waals surface area contributed by atoms with Crippen LogP contribution in [0.2, 0.25) is 0 Å². The van der Waals surface area contributed by atoms with Crippen molar-refractivity contribution in [1.82, 2.24) is 10.6 Å². The van der Waals surface area contributed by atoms with Gasteiger partial charge in [-0.25, -0.2) is 0 Å². The van der Waals surface area contributed by atoms with Gasteiger partial charge < -0.3 is 15.4 Å². The molecule has 0 unspecified atom stereocenters. The minimum Gasteiger partial charge on any atom is -0.488 e. The van der Waals surface area contributed by atoms with Crippen LogP contribution in [0.5, 0.6) is 5.75 Å². The molecule has 1 saturated heterocycles. The predicted molar refractivity (Wildman–Crippen MR) is 106 cm³/mol. The van der Waals surface area contributed by atoms with Crippen LogP contribution in [0.4, 0.5) is 0 Å². The van der Waals surface area contributed by atoms with Gasteiger partial charge in [0, 0.05) is 23.4 Å². The standard InChI is InChI=1S/C21H22N2O2S/c1-13-7-8-15(25-16-10-22-11-16)9-18(13)21(24)23-14(2)19-12-26-20-6-4-3-5-17(19)20/h3-9,12,14,16,22H,10-11H2,1-2H3,(H,23,24)/t14-/m1/s1. The van der Waals surface area contributed by atoms with Crippen molar-refractivity contribution >= 4 is 27.3 Å². The topological polar surface area (TPSA) is 50.4 Å². The zero-order valence-corrected chi connectivity index (χ0v) is 15.7. The number of hydrogen-bond donors (Lipinski definition) is 2. The Morgan fingerprint density at radius 3 is 2.85 bits per heavy atom. The van der Waals surface area contributed by atoms with Crippen molar-refractivity contribution in [3.63, 3.8) is 0 Å². The Bertz CT molecular complexity index is 946. The van der Waals surface area contributed by atoms with Crippen molar-refractivity contribution in [2.75, 3.05) is 13.1 Å². The molecule has 2 N–H and O–H groups in total. The van der Waals surface area contributed by atoms with Crippen LogP contribution >= 0.6 is 11.3 Å². The van der Waals surface area contributed by atoms with Gasteiger partial charge in [0.2, 0.25) is 0 Å². The molecule has 2 heterocycles. The normalized spacial score (nSPS) is 15.5. The largest absolute Gasteiger partial charge is 0.488 e. The first-order chi connectivity index (χ1) is 12.6. The fourth-order valence-electron chi connectivity index (χ4n) is 3.14. The molecule has 1 aromatic heterocycles. The van der Waals surface area contributed by atoms with Crippen molar-refractivity contribution < 1.29 is 9.53 Å². The van der Waals surface area contributed by atoms with Crippen LogP contribution in [0.25, 0.3) is 10.1 Å². The fraction of sp³-hybridized carbons (Fsp3) is 0.286. The van der Waals surface area contributed by atoms with Gasteiger partial charge in [-0.05, 0) is 53.9 Å². The summed E-state index contributed by atoms with van der Waals surface area (Å²) in [6.45, 7) is 5.70. The highest BCUT2D eigenvalue weighted by Crippen LogP contribution is 2.30. The summed E-state index contributed by atoms with van der Waals surface area (Å²) in [5.74, 6) is 0.684. The maximum Gasteiger partial charge on any atom is 0.252 e. The molecule has 4 rings (SSSR count). The Morgan fingerprint density at radius 2 is 2.08 bits per heavy atom. The van der Waals surface area contributed by atoms with Crippen LogP contribution in [0.1, 0.15) is 34.5 Å². The van der Waals surface area contributed by atoms with Crippen LogP contribution in [0.15, 0.2) is 47.8 Å². The third-order valence-corrected chi connectivity index (χ3v) is 5.81. The summed E-state index contributed by atoms with van der Waals surface area (Å²) in [6, 6.07) is 14.0. The number of amides is 1. The van der Waals surface area contributed by atoms with Crippen LogP contribution in [-0.4, -0.2) is 25.1 Å². The SMILES string of the molecule is Cc1ccc(OC2CNC2)cc1C(=O)N[C@H](C)c1csc2ccccc12. The molecule has 1 aliphatic rings. The third-order valence-electron chi connectivity index (χ3n) is 4.83. The summed E-state index contributed by atoms with van der Waals surface area (Å²) in [4.78, 5) is 12.9. The molecule has 134 valence electrons. The maximum atomic E-state index is 12.9. The summed E-state index contributed by atoms with van der Waals surface area (Å²) in [7, 11) is 0. The second-order valence-corrected chi connectivity index (χ2v) is 7.67. The highest BCUT2D eigenvalue weighted by atomic mass is 32.1. The summed E-state index contributed by atoms with van der Waals surface area (Å²) >= 11 is 1.71. The minimum absolute atomic E-state index is 0.0570. The van der Waals surface area contributed by atoms with E-state index in [2.05, 4.69) is 28.1 Å². The number of nitrogens with one attached hydrogen (secondary N) is 2. The van der Waals surface area contributed by atoms with Crippen LogP contribution < -0.4 is 15.4 Å². The number of hydrogen-bond acceptors (Lipinski definition) is 4. The average Bonchev–Trinajstić information content (AvgIpc) is 3.03. The highest BCUT2D eigenvalue weighted by molar-refractivity contribution is 7.17. The zero-order valence-electron chi connectivity index (χ0n) is 14.9. The van der Waals surface area contributed by atoms with Gasteiger partial charge in [-0.1, -0.05) is 24.3 Å². The molecule has 0 bridgehead atoms. The number of aryl methyl sites for hydroxylation is 1. The second kappa shape index (κ2) is 7.09. The van der Waals surface area contributed by atoms with Crippen molar-refractivity contribution in [3.05, 3.63) is 64.5 Å². The van der Waals surface area contributed by atoms with Gasteiger partial charge in [0.05, 0.1) is 6.04 Å². The molecule has 3 aromatic rings. The Labute approximate surface area is 157 Å². The number of thiophene rings is 1. The molecule has 0 aliphatic carbocycles. The molecule has 1 amide bonds. The zero-order chi connectivity index (χ0) is 18.1. The first-order valence-electron chi connectivity index (χ1n) is 8.87. The van der Waals surface area contributed by atoms with E-state index in [1.165, 1.54) is 10.1 Å². The summed E-state index contributed by atoms with van der Waals surface area (Å²) in [5.41, 5.74) is 2.77. The number of fused-ring (bicyclic) bond motifs is 1. The lowest BCUT2D eigenvalue weighted by atomic mass is 10.0. The van der Waals surface area contributed by atoms with Gasteiger partial charge in [-0.2, -0.15) is 0 Å². The third kappa shape index (κ3) is 3.32. The van der Waals surface area contributed by atoms with Crippen molar-refractivity contribution in [3.8, 4) is 5.75 Å². The van der Waals surface area contributed by atoms with Crippen LogP contribution in [0.3, 0.4) is 0 Å². The number of ether oxygens (including phenoxy) is 1. The van der Waals surface area contributed by atoms with Gasteiger partial charge >= 0.3 is 0 Å². The molecule has 26 heavy (non-hydrogen) atoms.